The Morgan fingerprint density at radius 2 is 2.05 bits per heavy atom. The zero-order valence-corrected chi connectivity index (χ0v) is 11.6. The number of aromatic nitrogens is 3. The van der Waals surface area contributed by atoms with Crippen LogP contribution in [0.3, 0.4) is 0 Å². The lowest BCUT2D eigenvalue weighted by Crippen LogP contribution is -2.15. The summed E-state index contributed by atoms with van der Waals surface area (Å²) in [6, 6.07) is 11.2. The molecule has 106 valence electrons. The van der Waals surface area contributed by atoms with Crippen molar-refractivity contribution in [2.24, 2.45) is 0 Å². The monoisotopic (exact) mass is 302 g/mol. The van der Waals surface area contributed by atoms with Crippen LogP contribution >= 0.6 is 11.6 Å². The largest absolute Gasteiger partial charge is 0.444 e. The van der Waals surface area contributed by atoms with Gasteiger partial charge in [0.2, 0.25) is 5.28 Å². The third-order valence-electron chi connectivity index (χ3n) is 2.82. The Morgan fingerprint density at radius 1 is 1.24 bits per heavy atom. The number of H-pyrrole nitrogens is 1. The Kier molecular flexibility index (Phi) is 3.70. The summed E-state index contributed by atoms with van der Waals surface area (Å²) in [6.07, 6.45) is 1.09. The second-order valence-corrected chi connectivity index (χ2v) is 4.61. The molecule has 0 saturated heterocycles. The first-order chi connectivity index (χ1) is 10.2. The Hall–Kier alpha value is -2.60. The van der Waals surface area contributed by atoms with Gasteiger partial charge in [-0.25, -0.2) is 4.79 Å². The number of nitrogens with one attached hydrogen (secondary N) is 2. The van der Waals surface area contributed by atoms with E-state index in [1.165, 1.54) is 0 Å². The Morgan fingerprint density at radius 3 is 2.86 bits per heavy atom. The maximum absolute atomic E-state index is 11.8. The van der Waals surface area contributed by atoms with E-state index >= 15 is 0 Å². The van der Waals surface area contributed by atoms with Crippen LogP contribution in [0.2, 0.25) is 5.28 Å². The molecule has 3 rings (SSSR count). The summed E-state index contributed by atoms with van der Waals surface area (Å²) in [6.45, 7) is 0.182. The zero-order chi connectivity index (χ0) is 14.7. The number of nitrogens with zero attached hydrogens (tertiary/aromatic N) is 2. The minimum absolute atomic E-state index is 0.0447. The Labute approximate surface area is 125 Å². The van der Waals surface area contributed by atoms with Gasteiger partial charge < -0.3 is 9.72 Å². The number of hydrogen-bond acceptors (Lipinski definition) is 4. The molecule has 2 N–H and O–H groups in total. The van der Waals surface area contributed by atoms with Gasteiger partial charge in [-0.2, -0.15) is 9.97 Å². The number of halogens is 1. The third kappa shape index (κ3) is 3.11. The van der Waals surface area contributed by atoms with Crippen molar-refractivity contribution in [3.05, 3.63) is 53.4 Å². The number of fused-ring (bicyclic) bond motifs is 1. The van der Waals surface area contributed by atoms with Crippen LogP contribution in [0.15, 0.2) is 42.6 Å². The summed E-state index contributed by atoms with van der Waals surface area (Å²) in [5, 5.41) is 3.27. The lowest BCUT2D eigenvalue weighted by molar-refractivity contribution is 0.155. The van der Waals surface area contributed by atoms with Crippen LogP contribution in [0.25, 0.3) is 11.0 Å². The lowest BCUT2D eigenvalue weighted by atomic mass is 10.2. The van der Waals surface area contributed by atoms with Crippen molar-refractivity contribution in [1.29, 1.82) is 0 Å². The standard InChI is InChI=1S/C14H11ClN4O2/c15-13-17-11-10(6-7-16-11)12(18-13)19-14(20)21-8-9-4-2-1-3-5-9/h1-7H,8H2,(H2,16,17,18,19,20). The van der Waals surface area contributed by atoms with Crippen LogP contribution in [-0.2, 0) is 11.3 Å². The topological polar surface area (TPSA) is 79.9 Å². The van der Waals surface area contributed by atoms with Crippen LogP contribution < -0.4 is 5.32 Å². The average molecular weight is 303 g/mol. The molecule has 0 unspecified atom stereocenters. The number of anilines is 1. The summed E-state index contributed by atoms with van der Waals surface area (Å²) >= 11 is 5.80. The van der Waals surface area contributed by atoms with Gasteiger partial charge in [-0.05, 0) is 23.2 Å². The highest BCUT2D eigenvalue weighted by molar-refractivity contribution is 6.28. The quantitative estimate of drug-likeness (QED) is 0.727. The number of rotatable bonds is 3. The van der Waals surface area contributed by atoms with E-state index in [-0.39, 0.29) is 11.9 Å². The molecule has 0 bridgehead atoms. The molecule has 0 aliphatic carbocycles. The number of carbonyl (C=O) groups excluding carboxylic acids is 1. The minimum atomic E-state index is -0.601. The van der Waals surface area contributed by atoms with E-state index in [0.717, 1.165) is 5.56 Å². The number of aromatic amines is 1. The molecular weight excluding hydrogens is 292 g/mol. The first kappa shape index (κ1) is 13.4. The second-order valence-electron chi connectivity index (χ2n) is 4.27. The molecule has 1 aromatic carbocycles. The molecule has 0 atom stereocenters. The van der Waals surface area contributed by atoms with Crippen LogP contribution in [0.4, 0.5) is 10.6 Å². The lowest BCUT2D eigenvalue weighted by Gasteiger charge is -2.07. The molecule has 1 amide bonds. The van der Waals surface area contributed by atoms with Crippen molar-refractivity contribution in [2.75, 3.05) is 5.32 Å². The highest BCUT2D eigenvalue weighted by atomic mass is 35.5. The van der Waals surface area contributed by atoms with Crippen LogP contribution in [0, 0.1) is 0 Å². The van der Waals surface area contributed by atoms with Gasteiger partial charge in [-0.1, -0.05) is 30.3 Å². The number of ether oxygens (including phenoxy) is 1. The molecule has 3 aromatic rings. The van der Waals surface area contributed by atoms with Crippen LogP contribution in [-0.4, -0.2) is 21.0 Å². The van der Waals surface area contributed by atoms with Gasteiger partial charge in [0.05, 0.1) is 5.39 Å². The number of amides is 1. The third-order valence-corrected chi connectivity index (χ3v) is 2.99. The minimum Gasteiger partial charge on any atom is -0.444 e. The van der Waals surface area contributed by atoms with Crippen molar-refractivity contribution in [3.8, 4) is 0 Å². The van der Waals surface area contributed by atoms with Gasteiger partial charge in [0.25, 0.3) is 0 Å². The first-order valence-corrected chi connectivity index (χ1v) is 6.58. The van der Waals surface area contributed by atoms with Crippen molar-refractivity contribution in [2.45, 2.75) is 6.61 Å². The van der Waals surface area contributed by atoms with Crippen molar-refractivity contribution in [3.63, 3.8) is 0 Å². The van der Waals surface area contributed by atoms with Gasteiger partial charge >= 0.3 is 6.09 Å². The van der Waals surface area contributed by atoms with Gasteiger partial charge in [0.1, 0.15) is 18.1 Å². The number of benzene rings is 1. The molecule has 21 heavy (non-hydrogen) atoms. The highest BCUT2D eigenvalue weighted by Crippen LogP contribution is 2.21. The van der Waals surface area contributed by atoms with Crippen LogP contribution in [0.5, 0.6) is 0 Å². The molecule has 2 aromatic heterocycles. The molecule has 0 aliphatic heterocycles. The predicted molar refractivity (Wildman–Crippen MR) is 79.1 cm³/mol. The fourth-order valence-electron chi connectivity index (χ4n) is 1.87. The van der Waals surface area contributed by atoms with Crippen molar-refractivity contribution < 1.29 is 9.53 Å². The van der Waals surface area contributed by atoms with E-state index < -0.39 is 6.09 Å². The van der Waals surface area contributed by atoms with E-state index in [0.29, 0.717) is 16.9 Å². The molecule has 0 fully saturated rings. The summed E-state index contributed by atoms with van der Waals surface area (Å²) in [4.78, 5) is 22.7. The number of hydrogen-bond donors (Lipinski definition) is 2. The van der Waals surface area contributed by atoms with Crippen molar-refractivity contribution in [1.82, 2.24) is 15.0 Å². The summed E-state index contributed by atoms with van der Waals surface area (Å²) < 4.78 is 5.13. The number of carbonyl (C=O) groups is 1. The fraction of sp³-hybridized carbons (Fsp3) is 0.0714. The first-order valence-electron chi connectivity index (χ1n) is 6.21. The Balaban J connectivity index is 1.70. The van der Waals surface area contributed by atoms with Crippen molar-refractivity contribution >= 4 is 34.5 Å². The summed E-state index contributed by atoms with van der Waals surface area (Å²) in [5.74, 6) is 0.310. The Bertz CT molecular complexity index is 773. The molecule has 0 radical (unpaired) electrons. The molecule has 6 nitrogen and oxygen atoms in total. The maximum atomic E-state index is 11.8. The van der Waals surface area contributed by atoms with E-state index in [1.807, 2.05) is 30.3 Å². The normalized spacial score (nSPS) is 10.5. The maximum Gasteiger partial charge on any atom is 0.413 e. The van der Waals surface area contributed by atoms with E-state index in [1.54, 1.807) is 12.3 Å². The van der Waals surface area contributed by atoms with E-state index in [9.17, 15) is 4.79 Å². The average Bonchev–Trinajstić information content (AvgIpc) is 2.94. The van der Waals surface area contributed by atoms with Gasteiger partial charge in [-0.15, -0.1) is 0 Å². The SMILES string of the molecule is O=C(Nc1nc(Cl)nc2[nH]ccc12)OCc1ccccc1. The van der Waals surface area contributed by atoms with Gasteiger partial charge in [0.15, 0.2) is 0 Å². The fourth-order valence-corrected chi connectivity index (χ4v) is 2.03. The summed E-state index contributed by atoms with van der Waals surface area (Å²) in [5.41, 5.74) is 1.45. The highest BCUT2D eigenvalue weighted by Gasteiger charge is 2.11. The summed E-state index contributed by atoms with van der Waals surface area (Å²) in [7, 11) is 0. The van der Waals surface area contributed by atoms with E-state index in [4.69, 9.17) is 16.3 Å². The molecule has 2 heterocycles. The molecule has 0 saturated carbocycles. The smallest absolute Gasteiger partial charge is 0.413 e. The van der Waals surface area contributed by atoms with Gasteiger partial charge in [-0.3, -0.25) is 5.32 Å². The molecular formula is C14H11ClN4O2. The molecule has 7 heteroatoms. The second kappa shape index (κ2) is 5.80. The van der Waals surface area contributed by atoms with Crippen LogP contribution in [0.1, 0.15) is 5.56 Å². The zero-order valence-electron chi connectivity index (χ0n) is 10.8. The van der Waals surface area contributed by atoms with Gasteiger partial charge in [0, 0.05) is 6.20 Å². The van der Waals surface area contributed by atoms with E-state index in [2.05, 4.69) is 20.3 Å². The molecule has 0 spiro atoms. The molecule has 0 aliphatic rings. The predicted octanol–water partition coefficient (Wildman–Crippen LogP) is 3.36.